The Labute approximate surface area is 144 Å². The number of ether oxygens (including phenoxy) is 1. The van der Waals surface area contributed by atoms with Gasteiger partial charge in [0.1, 0.15) is 0 Å². The molecule has 1 N–H and O–H groups in total. The van der Waals surface area contributed by atoms with E-state index in [1.807, 2.05) is 12.3 Å². The van der Waals surface area contributed by atoms with Gasteiger partial charge in [0.2, 0.25) is 5.91 Å². The Balaban J connectivity index is 1.57. The molecule has 6 nitrogen and oxygen atoms in total. The van der Waals surface area contributed by atoms with Gasteiger partial charge in [-0.2, -0.15) is 0 Å². The lowest BCUT2D eigenvalue weighted by atomic mass is 10.1. The summed E-state index contributed by atoms with van der Waals surface area (Å²) in [5.41, 5.74) is 2.06. The van der Waals surface area contributed by atoms with E-state index in [1.54, 1.807) is 29.2 Å². The van der Waals surface area contributed by atoms with Crippen molar-refractivity contribution in [2.75, 3.05) is 31.6 Å². The molecule has 0 bridgehead atoms. The van der Waals surface area contributed by atoms with Crippen molar-refractivity contribution in [3.05, 3.63) is 45.9 Å². The van der Waals surface area contributed by atoms with E-state index in [4.69, 9.17) is 4.74 Å². The Kier molecular flexibility index (Phi) is 5.22. The molecular weight excluding hydrogens is 326 g/mol. The van der Waals surface area contributed by atoms with Gasteiger partial charge in [-0.3, -0.25) is 9.59 Å². The molecule has 24 heavy (non-hydrogen) atoms. The largest absolute Gasteiger partial charge is 0.378 e. The van der Waals surface area contributed by atoms with Gasteiger partial charge >= 0.3 is 0 Å². The van der Waals surface area contributed by atoms with E-state index in [1.165, 1.54) is 11.3 Å². The van der Waals surface area contributed by atoms with Gasteiger partial charge < -0.3 is 15.0 Å². The van der Waals surface area contributed by atoms with Crippen LogP contribution >= 0.6 is 11.3 Å². The third-order valence-corrected chi connectivity index (χ3v) is 4.54. The molecule has 1 aliphatic rings. The maximum atomic E-state index is 12.4. The predicted molar refractivity (Wildman–Crippen MR) is 92.3 cm³/mol. The van der Waals surface area contributed by atoms with Crippen LogP contribution in [0, 0.1) is 6.92 Å². The fraction of sp³-hybridized carbons (Fsp3) is 0.353. The summed E-state index contributed by atoms with van der Waals surface area (Å²) in [4.78, 5) is 30.4. The highest BCUT2D eigenvalue weighted by atomic mass is 32.1. The van der Waals surface area contributed by atoms with Crippen LogP contribution < -0.4 is 5.32 Å². The van der Waals surface area contributed by atoms with Crippen LogP contribution in [0.1, 0.15) is 21.1 Å². The number of morpholine rings is 1. The Morgan fingerprint density at radius 2 is 1.96 bits per heavy atom. The molecule has 0 saturated carbocycles. The molecule has 1 saturated heterocycles. The van der Waals surface area contributed by atoms with Crippen LogP contribution in [0.3, 0.4) is 0 Å². The number of amides is 2. The average Bonchev–Trinajstić information content (AvgIpc) is 3.00. The number of thiazole rings is 1. The molecule has 0 aliphatic carbocycles. The van der Waals surface area contributed by atoms with Crippen LogP contribution in [0.4, 0.5) is 5.69 Å². The number of benzene rings is 1. The van der Waals surface area contributed by atoms with Crippen molar-refractivity contribution in [3.63, 3.8) is 0 Å². The zero-order valence-corrected chi connectivity index (χ0v) is 14.3. The molecule has 1 fully saturated rings. The van der Waals surface area contributed by atoms with Crippen LogP contribution in [-0.4, -0.2) is 48.0 Å². The van der Waals surface area contributed by atoms with E-state index in [9.17, 15) is 9.59 Å². The first-order valence-electron chi connectivity index (χ1n) is 7.80. The molecule has 0 atom stereocenters. The lowest BCUT2D eigenvalue weighted by Gasteiger charge is -2.26. The SMILES string of the molecule is Cc1nc(CC(=O)Nc2ccc(C(=O)N3CCOCC3)cc2)cs1. The van der Waals surface area contributed by atoms with E-state index < -0.39 is 0 Å². The number of carbonyl (C=O) groups is 2. The molecule has 3 rings (SSSR count). The summed E-state index contributed by atoms with van der Waals surface area (Å²) in [5.74, 6) is -0.123. The zero-order valence-electron chi connectivity index (χ0n) is 13.4. The number of hydrogen-bond donors (Lipinski definition) is 1. The van der Waals surface area contributed by atoms with Crippen molar-refractivity contribution in [1.29, 1.82) is 0 Å². The van der Waals surface area contributed by atoms with E-state index in [2.05, 4.69) is 10.3 Å². The summed E-state index contributed by atoms with van der Waals surface area (Å²) in [7, 11) is 0. The minimum atomic E-state index is -0.118. The van der Waals surface area contributed by atoms with E-state index in [0.717, 1.165) is 10.7 Å². The summed E-state index contributed by atoms with van der Waals surface area (Å²) in [6.07, 6.45) is 0.249. The molecule has 126 valence electrons. The average molecular weight is 345 g/mol. The van der Waals surface area contributed by atoms with Gasteiger partial charge in [0.05, 0.1) is 30.3 Å². The van der Waals surface area contributed by atoms with Gasteiger partial charge in [0.15, 0.2) is 0 Å². The van der Waals surface area contributed by atoms with Gasteiger partial charge in [-0.15, -0.1) is 11.3 Å². The van der Waals surface area contributed by atoms with Crippen LogP contribution in [0.2, 0.25) is 0 Å². The van der Waals surface area contributed by atoms with E-state index in [0.29, 0.717) is 37.6 Å². The van der Waals surface area contributed by atoms with Crippen LogP contribution in [0.15, 0.2) is 29.6 Å². The minimum absolute atomic E-state index is 0.00544. The maximum Gasteiger partial charge on any atom is 0.254 e. The first kappa shape index (κ1) is 16.6. The summed E-state index contributed by atoms with van der Waals surface area (Å²) >= 11 is 1.53. The number of nitrogens with one attached hydrogen (secondary N) is 1. The van der Waals surface area contributed by atoms with Gasteiger partial charge in [0.25, 0.3) is 5.91 Å². The number of hydrogen-bond acceptors (Lipinski definition) is 5. The number of nitrogens with zero attached hydrogens (tertiary/aromatic N) is 2. The second kappa shape index (κ2) is 7.55. The van der Waals surface area contributed by atoms with E-state index >= 15 is 0 Å². The van der Waals surface area contributed by atoms with Gasteiger partial charge in [0, 0.05) is 29.7 Å². The van der Waals surface area contributed by atoms with E-state index in [-0.39, 0.29) is 18.2 Å². The fourth-order valence-corrected chi connectivity index (χ4v) is 3.12. The molecular formula is C17H19N3O3S. The Hall–Kier alpha value is -2.25. The smallest absolute Gasteiger partial charge is 0.254 e. The van der Waals surface area contributed by atoms with Crippen molar-refractivity contribution in [1.82, 2.24) is 9.88 Å². The van der Waals surface area contributed by atoms with Crippen molar-refractivity contribution in [2.45, 2.75) is 13.3 Å². The second-order valence-corrected chi connectivity index (χ2v) is 6.63. The molecule has 2 amide bonds. The third kappa shape index (κ3) is 4.18. The van der Waals surface area contributed by atoms with Gasteiger partial charge in [-0.1, -0.05) is 0 Å². The normalized spacial score (nSPS) is 14.5. The third-order valence-electron chi connectivity index (χ3n) is 3.72. The van der Waals surface area contributed by atoms with Crippen molar-refractivity contribution < 1.29 is 14.3 Å². The summed E-state index contributed by atoms with van der Waals surface area (Å²) < 4.78 is 5.25. The lowest BCUT2D eigenvalue weighted by molar-refractivity contribution is -0.115. The molecule has 7 heteroatoms. The molecule has 1 aromatic heterocycles. The highest BCUT2D eigenvalue weighted by molar-refractivity contribution is 7.09. The summed E-state index contributed by atoms with van der Waals surface area (Å²) in [6.45, 7) is 4.30. The molecule has 2 aromatic rings. The Morgan fingerprint density at radius 3 is 2.58 bits per heavy atom. The molecule has 0 unspecified atom stereocenters. The first-order chi connectivity index (χ1) is 11.6. The molecule has 2 heterocycles. The first-order valence-corrected chi connectivity index (χ1v) is 8.68. The monoisotopic (exact) mass is 345 g/mol. The quantitative estimate of drug-likeness (QED) is 0.921. The van der Waals surface area contributed by atoms with Crippen molar-refractivity contribution in [2.24, 2.45) is 0 Å². The van der Waals surface area contributed by atoms with Gasteiger partial charge in [-0.05, 0) is 31.2 Å². The molecule has 1 aromatic carbocycles. The number of rotatable bonds is 4. The van der Waals surface area contributed by atoms with Crippen molar-refractivity contribution in [3.8, 4) is 0 Å². The maximum absolute atomic E-state index is 12.4. The predicted octanol–water partition coefficient (Wildman–Crippen LogP) is 2.11. The zero-order chi connectivity index (χ0) is 16.9. The Morgan fingerprint density at radius 1 is 1.25 bits per heavy atom. The second-order valence-electron chi connectivity index (χ2n) is 5.56. The van der Waals surface area contributed by atoms with Crippen LogP contribution in [-0.2, 0) is 16.0 Å². The fourth-order valence-electron chi connectivity index (χ4n) is 2.50. The van der Waals surface area contributed by atoms with Crippen molar-refractivity contribution >= 4 is 28.8 Å². The van der Waals surface area contributed by atoms with Gasteiger partial charge in [-0.25, -0.2) is 4.98 Å². The Bertz CT molecular complexity index is 721. The molecule has 0 radical (unpaired) electrons. The number of aryl methyl sites for hydroxylation is 1. The van der Waals surface area contributed by atoms with Crippen LogP contribution in [0.5, 0.6) is 0 Å². The minimum Gasteiger partial charge on any atom is -0.378 e. The number of carbonyl (C=O) groups excluding carboxylic acids is 2. The molecule has 0 spiro atoms. The lowest BCUT2D eigenvalue weighted by Crippen LogP contribution is -2.40. The highest BCUT2D eigenvalue weighted by Crippen LogP contribution is 2.14. The topological polar surface area (TPSA) is 71.5 Å². The highest BCUT2D eigenvalue weighted by Gasteiger charge is 2.18. The number of anilines is 1. The summed E-state index contributed by atoms with van der Waals surface area (Å²) in [5, 5.41) is 5.66. The number of aromatic nitrogens is 1. The molecule has 1 aliphatic heterocycles. The summed E-state index contributed by atoms with van der Waals surface area (Å²) in [6, 6.07) is 6.97. The van der Waals surface area contributed by atoms with Crippen LogP contribution in [0.25, 0.3) is 0 Å². The standard InChI is InChI=1S/C17H19N3O3S/c1-12-18-15(11-24-12)10-16(21)19-14-4-2-13(3-5-14)17(22)20-6-8-23-9-7-20/h2-5,11H,6-10H2,1H3,(H,19,21).